The molecule has 5 rings (SSSR count). The minimum atomic E-state index is -1.40. The van der Waals surface area contributed by atoms with Gasteiger partial charge in [-0.15, -0.1) is 5.10 Å². The monoisotopic (exact) mass is 429 g/mol. The van der Waals surface area contributed by atoms with Crippen LogP contribution in [-0.4, -0.2) is 43.7 Å². The van der Waals surface area contributed by atoms with Crippen molar-refractivity contribution in [3.8, 4) is 0 Å². The number of aromatic carboxylic acids is 1. The van der Waals surface area contributed by atoms with Crippen LogP contribution < -0.4 is 10.3 Å². The summed E-state index contributed by atoms with van der Waals surface area (Å²) in [6, 6.07) is 0.0145. The van der Waals surface area contributed by atoms with Gasteiger partial charge in [0, 0.05) is 37.1 Å². The molecular formula is C21H21F2N5O3. The van der Waals surface area contributed by atoms with Crippen molar-refractivity contribution in [2.45, 2.75) is 44.7 Å². The molecule has 10 heteroatoms. The number of piperidine rings is 1. The van der Waals surface area contributed by atoms with Crippen molar-refractivity contribution >= 4 is 22.6 Å². The summed E-state index contributed by atoms with van der Waals surface area (Å²) in [5.74, 6) is -3.02. The standard InChI is InChI=1S/C21H21F2N5O3/c1-11-15-18(27(12-2-3-12)10-14(20(15)29)21(30)31)17(23)19(16(11)22)26-7-4-13(5-8-26)28-9-6-24-25-28/h6,9-10,12-13H,2-5,7-8H2,1H3,(H,30,31). The zero-order valence-electron chi connectivity index (χ0n) is 16.9. The molecule has 0 atom stereocenters. The van der Waals surface area contributed by atoms with E-state index in [2.05, 4.69) is 10.3 Å². The number of aryl methyl sites for hydroxylation is 1. The van der Waals surface area contributed by atoms with Gasteiger partial charge in [-0.2, -0.15) is 0 Å². The molecule has 162 valence electrons. The summed E-state index contributed by atoms with van der Waals surface area (Å²) in [6.45, 7) is 2.25. The van der Waals surface area contributed by atoms with Gasteiger partial charge in [0.05, 0.1) is 23.1 Å². The second-order valence-electron chi connectivity index (χ2n) is 8.24. The van der Waals surface area contributed by atoms with Crippen molar-refractivity contribution in [1.82, 2.24) is 19.6 Å². The summed E-state index contributed by atoms with van der Waals surface area (Å²) in [4.78, 5) is 26.0. The van der Waals surface area contributed by atoms with Crippen molar-refractivity contribution < 1.29 is 18.7 Å². The van der Waals surface area contributed by atoms with Crippen molar-refractivity contribution in [3.05, 3.63) is 51.6 Å². The van der Waals surface area contributed by atoms with Crippen LogP contribution in [0.25, 0.3) is 10.9 Å². The van der Waals surface area contributed by atoms with E-state index in [1.54, 1.807) is 22.0 Å². The number of fused-ring (bicyclic) bond motifs is 1. The van der Waals surface area contributed by atoms with Crippen molar-refractivity contribution in [2.24, 2.45) is 0 Å². The summed E-state index contributed by atoms with van der Waals surface area (Å²) in [5.41, 5.74) is -1.51. The third-order valence-electron chi connectivity index (χ3n) is 6.33. The van der Waals surface area contributed by atoms with E-state index in [4.69, 9.17) is 0 Å². The quantitative estimate of drug-likeness (QED) is 0.685. The predicted octanol–water partition coefficient (Wildman–Crippen LogP) is 3.05. The lowest BCUT2D eigenvalue weighted by atomic mass is 10.00. The van der Waals surface area contributed by atoms with Crippen molar-refractivity contribution in [1.29, 1.82) is 0 Å². The highest BCUT2D eigenvalue weighted by Crippen LogP contribution is 2.41. The van der Waals surface area contributed by atoms with Crippen LogP contribution in [-0.2, 0) is 0 Å². The van der Waals surface area contributed by atoms with Crippen LogP contribution in [0.15, 0.2) is 23.4 Å². The van der Waals surface area contributed by atoms with E-state index in [0.717, 1.165) is 12.8 Å². The fourth-order valence-corrected chi connectivity index (χ4v) is 4.54. The van der Waals surface area contributed by atoms with Crippen LogP contribution in [0.5, 0.6) is 0 Å². The van der Waals surface area contributed by atoms with Crippen LogP contribution in [0.2, 0.25) is 0 Å². The smallest absolute Gasteiger partial charge is 0.341 e. The zero-order valence-corrected chi connectivity index (χ0v) is 16.9. The number of carbonyl (C=O) groups is 1. The molecule has 2 aliphatic rings. The molecule has 1 aliphatic heterocycles. The highest BCUT2D eigenvalue weighted by Gasteiger charge is 2.33. The molecule has 0 radical (unpaired) electrons. The Kier molecular flexibility index (Phi) is 4.53. The topological polar surface area (TPSA) is 93.2 Å². The van der Waals surface area contributed by atoms with Gasteiger partial charge in [0.1, 0.15) is 11.3 Å². The summed E-state index contributed by atoms with van der Waals surface area (Å²) in [5, 5.41) is 17.1. The summed E-state index contributed by atoms with van der Waals surface area (Å²) in [7, 11) is 0. The van der Waals surface area contributed by atoms with Gasteiger partial charge in [0.15, 0.2) is 11.6 Å². The maximum atomic E-state index is 15.8. The van der Waals surface area contributed by atoms with Gasteiger partial charge in [0.2, 0.25) is 5.43 Å². The molecule has 1 aromatic carbocycles. The molecule has 0 bridgehead atoms. The molecule has 1 N–H and O–H groups in total. The first-order valence-electron chi connectivity index (χ1n) is 10.3. The zero-order chi connectivity index (χ0) is 21.9. The van der Waals surface area contributed by atoms with Gasteiger partial charge in [-0.25, -0.2) is 18.3 Å². The number of aromatic nitrogens is 4. The van der Waals surface area contributed by atoms with Crippen LogP contribution >= 0.6 is 0 Å². The molecule has 3 heterocycles. The molecule has 1 saturated carbocycles. The first-order valence-corrected chi connectivity index (χ1v) is 10.3. The van der Waals surface area contributed by atoms with Gasteiger partial charge in [-0.3, -0.25) is 4.79 Å². The molecular weight excluding hydrogens is 408 g/mol. The Hall–Kier alpha value is -3.30. The Bertz CT molecular complexity index is 1240. The predicted molar refractivity (Wildman–Crippen MR) is 109 cm³/mol. The highest BCUT2D eigenvalue weighted by molar-refractivity contribution is 5.95. The molecule has 8 nitrogen and oxygen atoms in total. The minimum absolute atomic E-state index is 0.00944. The first kappa shape index (κ1) is 19.7. The first-order chi connectivity index (χ1) is 14.9. The van der Waals surface area contributed by atoms with E-state index in [1.165, 1.54) is 17.7 Å². The third-order valence-corrected chi connectivity index (χ3v) is 6.33. The molecule has 2 fully saturated rings. The molecule has 2 aromatic heterocycles. The Labute approximate surface area is 175 Å². The number of hydrogen-bond donors (Lipinski definition) is 1. The number of carboxylic acids is 1. The van der Waals surface area contributed by atoms with Gasteiger partial charge < -0.3 is 14.6 Å². The Morgan fingerprint density at radius 3 is 2.42 bits per heavy atom. The van der Waals surface area contributed by atoms with E-state index in [0.29, 0.717) is 25.9 Å². The molecule has 0 amide bonds. The lowest BCUT2D eigenvalue weighted by Crippen LogP contribution is -2.36. The lowest BCUT2D eigenvalue weighted by Gasteiger charge is -2.34. The lowest BCUT2D eigenvalue weighted by molar-refractivity contribution is 0.0695. The largest absolute Gasteiger partial charge is 0.477 e. The van der Waals surface area contributed by atoms with E-state index >= 15 is 8.78 Å². The fraction of sp³-hybridized carbons (Fsp3) is 0.429. The molecule has 1 aliphatic carbocycles. The van der Waals surface area contributed by atoms with E-state index < -0.39 is 28.6 Å². The SMILES string of the molecule is Cc1c(F)c(N2CCC(n3ccnn3)CC2)c(F)c2c1c(=O)c(C(=O)O)cn2C1CC1. The van der Waals surface area contributed by atoms with Crippen molar-refractivity contribution in [2.75, 3.05) is 18.0 Å². The van der Waals surface area contributed by atoms with E-state index in [9.17, 15) is 14.7 Å². The van der Waals surface area contributed by atoms with E-state index in [-0.39, 0.29) is 34.2 Å². The van der Waals surface area contributed by atoms with Crippen LogP contribution in [0.1, 0.15) is 53.7 Å². The van der Waals surface area contributed by atoms with Crippen LogP contribution in [0.4, 0.5) is 14.5 Å². The van der Waals surface area contributed by atoms with E-state index in [1.807, 2.05) is 0 Å². The number of halogens is 2. The Morgan fingerprint density at radius 1 is 1.13 bits per heavy atom. The Balaban J connectivity index is 1.64. The maximum Gasteiger partial charge on any atom is 0.341 e. The number of nitrogens with zero attached hydrogens (tertiary/aromatic N) is 5. The van der Waals surface area contributed by atoms with Gasteiger partial charge in [-0.05, 0) is 32.6 Å². The molecule has 0 unspecified atom stereocenters. The molecule has 0 spiro atoms. The number of rotatable bonds is 4. The summed E-state index contributed by atoms with van der Waals surface area (Å²) < 4.78 is 34.5. The molecule has 3 aromatic rings. The minimum Gasteiger partial charge on any atom is -0.477 e. The third kappa shape index (κ3) is 3.08. The number of anilines is 1. The maximum absolute atomic E-state index is 15.8. The summed E-state index contributed by atoms with van der Waals surface area (Å²) in [6.07, 6.45) is 7.37. The average Bonchev–Trinajstić information content (AvgIpc) is 3.45. The second-order valence-corrected chi connectivity index (χ2v) is 8.24. The Morgan fingerprint density at radius 2 is 1.84 bits per heavy atom. The average molecular weight is 429 g/mol. The van der Waals surface area contributed by atoms with Gasteiger partial charge in [0.25, 0.3) is 0 Å². The summed E-state index contributed by atoms with van der Waals surface area (Å²) >= 11 is 0. The van der Waals surface area contributed by atoms with Gasteiger partial charge >= 0.3 is 5.97 Å². The van der Waals surface area contributed by atoms with Crippen LogP contribution in [0.3, 0.4) is 0 Å². The number of benzene rings is 1. The number of carboxylic acid groups (broad SMARTS) is 1. The molecule has 1 saturated heterocycles. The number of pyridine rings is 1. The fourth-order valence-electron chi connectivity index (χ4n) is 4.54. The molecule has 31 heavy (non-hydrogen) atoms. The normalized spacial score (nSPS) is 17.5. The second kappa shape index (κ2) is 7.14. The number of hydrogen-bond acceptors (Lipinski definition) is 5. The van der Waals surface area contributed by atoms with Gasteiger partial charge in [-0.1, -0.05) is 5.21 Å². The highest BCUT2D eigenvalue weighted by atomic mass is 19.1. The van der Waals surface area contributed by atoms with Crippen molar-refractivity contribution in [3.63, 3.8) is 0 Å². The van der Waals surface area contributed by atoms with Crippen LogP contribution in [0, 0.1) is 18.6 Å².